The monoisotopic (exact) mass is 266 g/mol. The molecule has 4 nitrogen and oxygen atoms in total. The van der Waals surface area contributed by atoms with Gasteiger partial charge in [-0.3, -0.25) is 9.59 Å². The molecule has 2 heterocycles. The molecule has 2 rings (SSSR count). The Bertz CT molecular complexity index is 442. The molecular formula is C13H18N2O2S. The zero-order chi connectivity index (χ0) is 13.3. The van der Waals surface area contributed by atoms with E-state index in [9.17, 15) is 9.59 Å². The molecule has 98 valence electrons. The van der Waals surface area contributed by atoms with E-state index in [2.05, 4.69) is 19.2 Å². The Morgan fingerprint density at radius 3 is 2.72 bits per heavy atom. The number of thiophene rings is 1. The van der Waals surface area contributed by atoms with Crippen molar-refractivity contribution in [1.29, 1.82) is 0 Å². The van der Waals surface area contributed by atoms with Crippen LogP contribution in [0.1, 0.15) is 31.7 Å². The lowest BCUT2D eigenvalue weighted by atomic mass is 9.99. The lowest BCUT2D eigenvalue weighted by Crippen LogP contribution is -2.58. The van der Waals surface area contributed by atoms with E-state index in [0.29, 0.717) is 0 Å². The van der Waals surface area contributed by atoms with Crippen molar-refractivity contribution in [2.75, 3.05) is 6.54 Å². The molecule has 2 unspecified atom stereocenters. The van der Waals surface area contributed by atoms with Crippen LogP contribution in [0.25, 0.3) is 0 Å². The van der Waals surface area contributed by atoms with Crippen LogP contribution >= 0.6 is 11.3 Å². The third-order valence-electron chi connectivity index (χ3n) is 3.15. The van der Waals surface area contributed by atoms with Gasteiger partial charge in [-0.15, -0.1) is 11.3 Å². The molecule has 0 aliphatic carbocycles. The second kappa shape index (κ2) is 5.10. The summed E-state index contributed by atoms with van der Waals surface area (Å²) in [6, 6.07) is 3.58. The van der Waals surface area contributed by atoms with Gasteiger partial charge in [0.25, 0.3) is 0 Å². The van der Waals surface area contributed by atoms with E-state index < -0.39 is 6.04 Å². The summed E-state index contributed by atoms with van der Waals surface area (Å²) in [5, 5.41) is 4.67. The molecule has 0 bridgehead atoms. The third kappa shape index (κ3) is 2.41. The second-order valence-corrected chi connectivity index (χ2v) is 5.94. The minimum atomic E-state index is -0.424. The van der Waals surface area contributed by atoms with Gasteiger partial charge in [0.15, 0.2) is 0 Å². The zero-order valence-corrected chi connectivity index (χ0v) is 11.7. The van der Waals surface area contributed by atoms with Crippen molar-refractivity contribution < 1.29 is 9.59 Å². The first kappa shape index (κ1) is 13.1. The van der Waals surface area contributed by atoms with Crippen LogP contribution in [0.2, 0.25) is 0 Å². The molecule has 0 spiro atoms. The summed E-state index contributed by atoms with van der Waals surface area (Å²) in [5.74, 6) is 0.205. The minimum Gasteiger partial charge on any atom is -0.343 e. The summed E-state index contributed by atoms with van der Waals surface area (Å²) in [5.41, 5.74) is 0. The molecule has 0 radical (unpaired) electrons. The zero-order valence-electron chi connectivity index (χ0n) is 10.8. The van der Waals surface area contributed by atoms with Crippen molar-refractivity contribution in [1.82, 2.24) is 10.2 Å². The third-order valence-corrected chi connectivity index (χ3v) is 4.09. The molecule has 1 aliphatic heterocycles. The fourth-order valence-corrected chi connectivity index (χ4v) is 3.38. The summed E-state index contributed by atoms with van der Waals surface area (Å²) in [7, 11) is 0. The quantitative estimate of drug-likeness (QED) is 0.907. The maximum absolute atomic E-state index is 12.2. The van der Waals surface area contributed by atoms with Crippen LogP contribution in [-0.2, 0) is 9.59 Å². The second-order valence-electron chi connectivity index (χ2n) is 4.96. The number of hydrogen-bond acceptors (Lipinski definition) is 3. The van der Waals surface area contributed by atoms with Gasteiger partial charge >= 0.3 is 0 Å². The van der Waals surface area contributed by atoms with Crippen molar-refractivity contribution in [3.8, 4) is 0 Å². The normalized spacial score (nSPS) is 22.2. The van der Waals surface area contributed by atoms with Crippen molar-refractivity contribution in [3.05, 3.63) is 22.4 Å². The van der Waals surface area contributed by atoms with Crippen molar-refractivity contribution in [2.24, 2.45) is 5.92 Å². The largest absolute Gasteiger partial charge is 0.343 e. The summed E-state index contributed by atoms with van der Waals surface area (Å²) in [6.07, 6.45) is 0. The van der Waals surface area contributed by atoms with Crippen LogP contribution in [0.5, 0.6) is 0 Å². The van der Waals surface area contributed by atoms with Crippen LogP contribution in [0.15, 0.2) is 17.5 Å². The van der Waals surface area contributed by atoms with Gasteiger partial charge in [-0.2, -0.15) is 0 Å². The standard InChI is InChI=1S/C13H18N2O2S/c1-8(2)12(10-5-4-6-18-10)15-7-11(16)14-9(3)13(15)17/h4-6,8-9,12H,7H2,1-3H3,(H,14,16). The van der Waals surface area contributed by atoms with Crippen LogP contribution in [0, 0.1) is 5.92 Å². The van der Waals surface area contributed by atoms with Gasteiger partial charge in [0.2, 0.25) is 11.8 Å². The first-order chi connectivity index (χ1) is 8.50. The first-order valence-corrected chi connectivity index (χ1v) is 7.02. The van der Waals surface area contributed by atoms with Crippen LogP contribution < -0.4 is 5.32 Å². The predicted octanol–water partition coefficient (Wildman–Crippen LogP) is 1.79. The van der Waals surface area contributed by atoms with Gasteiger partial charge in [0, 0.05) is 4.88 Å². The Morgan fingerprint density at radius 1 is 1.44 bits per heavy atom. The molecule has 1 N–H and O–H groups in total. The summed E-state index contributed by atoms with van der Waals surface area (Å²) in [6.45, 7) is 6.05. The fraction of sp³-hybridized carbons (Fsp3) is 0.538. The number of nitrogens with zero attached hydrogens (tertiary/aromatic N) is 1. The average Bonchev–Trinajstić information content (AvgIpc) is 2.78. The van der Waals surface area contributed by atoms with E-state index in [0.717, 1.165) is 4.88 Å². The average molecular weight is 266 g/mol. The van der Waals surface area contributed by atoms with Gasteiger partial charge in [0.1, 0.15) is 12.6 Å². The Hall–Kier alpha value is -1.36. The van der Waals surface area contributed by atoms with Crippen LogP contribution in [-0.4, -0.2) is 29.3 Å². The van der Waals surface area contributed by atoms with Crippen LogP contribution in [0.3, 0.4) is 0 Å². The Labute approximate surface area is 111 Å². The van der Waals surface area contributed by atoms with E-state index in [1.807, 2.05) is 17.5 Å². The highest BCUT2D eigenvalue weighted by atomic mass is 32.1. The maximum Gasteiger partial charge on any atom is 0.245 e. The minimum absolute atomic E-state index is 0.00157. The Kier molecular flexibility index (Phi) is 3.71. The van der Waals surface area contributed by atoms with Gasteiger partial charge in [0.05, 0.1) is 6.04 Å². The number of rotatable bonds is 3. The molecule has 0 aromatic carbocycles. The lowest BCUT2D eigenvalue weighted by Gasteiger charge is -2.38. The van der Waals surface area contributed by atoms with Crippen molar-refractivity contribution >= 4 is 23.2 Å². The van der Waals surface area contributed by atoms with Crippen LogP contribution in [0.4, 0.5) is 0 Å². The summed E-state index contributed by atoms with van der Waals surface area (Å²) in [4.78, 5) is 26.7. The number of hydrogen-bond donors (Lipinski definition) is 1. The van der Waals surface area contributed by atoms with E-state index in [1.165, 1.54) is 0 Å². The molecule has 1 aliphatic rings. The number of nitrogens with one attached hydrogen (secondary N) is 1. The first-order valence-electron chi connectivity index (χ1n) is 6.14. The molecular weight excluding hydrogens is 248 g/mol. The molecule has 18 heavy (non-hydrogen) atoms. The van der Waals surface area contributed by atoms with Gasteiger partial charge in [-0.25, -0.2) is 0 Å². The Balaban J connectivity index is 2.30. The molecule has 1 aromatic rings. The molecule has 2 amide bonds. The van der Waals surface area contributed by atoms with E-state index >= 15 is 0 Å². The highest BCUT2D eigenvalue weighted by Gasteiger charge is 2.36. The molecule has 1 aromatic heterocycles. The van der Waals surface area contributed by atoms with Crippen molar-refractivity contribution in [3.63, 3.8) is 0 Å². The van der Waals surface area contributed by atoms with Crippen molar-refractivity contribution in [2.45, 2.75) is 32.9 Å². The van der Waals surface area contributed by atoms with Gasteiger partial charge < -0.3 is 10.2 Å². The fourth-order valence-electron chi connectivity index (χ4n) is 2.37. The Morgan fingerprint density at radius 2 is 2.17 bits per heavy atom. The highest BCUT2D eigenvalue weighted by Crippen LogP contribution is 2.32. The molecule has 1 fully saturated rings. The molecule has 5 heteroatoms. The van der Waals surface area contributed by atoms with E-state index in [4.69, 9.17) is 0 Å². The lowest BCUT2D eigenvalue weighted by molar-refractivity contribution is -0.147. The number of amides is 2. The topological polar surface area (TPSA) is 49.4 Å². The highest BCUT2D eigenvalue weighted by molar-refractivity contribution is 7.10. The molecule has 1 saturated heterocycles. The van der Waals surface area contributed by atoms with Gasteiger partial charge in [-0.05, 0) is 24.3 Å². The summed E-state index contributed by atoms with van der Waals surface area (Å²) >= 11 is 1.63. The van der Waals surface area contributed by atoms with E-state index in [-0.39, 0.29) is 30.3 Å². The number of carbonyl (C=O) groups is 2. The number of carbonyl (C=O) groups excluding carboxylic acids is 2. The van der Waals surface area contributed by atoms with E-state index in [1.54, 1.807) is 23.2 Å². The van der Waals surface area contributed by atoms with Gasteiger partial charge in [-0.1, -0.05) is 19.9 Å². The SMILES string of the molecule is CC1NC(=O)CN(C(c2cccs2)C(C)C)C1=O. The predicted molar refractivity (Wildman–Crippen MR) is 71.2 cm³/mol. The smallest absolute Gasteiger partial charge is 0.245 e. The summed E-state index contributed by atoms with van der Waals surface area (Å²) < 4.78 is 0. The molecule has 2 atom stereocenters. The maximum atomic E-state index is 12.2. The number of piperazine rings is 1. The molecule has 0 saturated carbocycles.